The van der Waals surface area contributed by atoms with E-state index in [1.807, 2.05) is 0 Å². The average Bonchev–Trinajstić information content (AvgIpc) is 2.15. The van der Waals surface area contributed by atoms with Crippen molar-refractivity contribution in [2.24, 2.45) is 0 Å². The first-order chi connectivity index (χ1) is 7.65. The highest BCUT2D eigenvalue weighted by Crippen LogP contribution is 2.01. The molecule has 0 rings (SSSR count). The second-order valence-electron chi connectivity index (χ2n) is 3.33. The molecule has 7 heteroatoms. The zero-order valence-electron chi connectivity index (χ0n) is 9.69. The van der Waals surface area contributed by atoms with Crippen molar-refractivity contribution < 1.29 is 26.9 Å². The molecule has 0 saturated carbocycles. The van der Waals surface area contributed by atoms with E-state index in [9.17, 15) is 18.0 Å². The predicted molar refractivity (Wildman–Crippen MR) is 60.5 cm³/mol. The van der Waals surface area contributed by atoms with Crippen molar-refractivity contribution in [3.05, 3.63) is 24.3 Å². The van der Waals surface area contributed by atoms with Crippen LogP contribution in [0.2, 0.25) is 0 Å². The molecule has 0 aromatic carbocycles. The van der Waals surface area contributed by atoms with Crippen LogP contribution in [0.1, 0.15) is 13.8 Å². The van der Waals surface area contributed by atoms with Crippen LogP contribution in [0.5, 0.6) is 0 Å². The molecule has 0 aliphatic carbocycles. The van der Waals surface area contributed by atoms with Gasteiger partial charge in [-0.25, -0.2) is 9.59 Å². The highest BCUT2D eigenvalue weighted by Gasteiger charge is 2.18. The van der Waals surface area contributed by atoms with Gasteiger partial charge in [0.25, 0.3) is 0 Å². The van der Waals surface area contributed by atoms with E-state index in [1.54, 1.807) is 0 Å². The van der Waals surface area contributed by atoms with Gasteiger partial charge in [0.05, 0.1) is 0 Å². The summed E-state index contributed by atoms with van der Waals surface area (Å²) in [5.41, 5.74) is 0.119. The fourth-order valence-electron chi connectivity index (χ4n) is 0.588. The van der Waals surface area contributed by atoms with Crippen LogP contribution in [0, 0.1) is 0 Å². The molecule has 0 aliphatic heterocycles. The lowest BCUT2D eigenvalue weighted by Crippen LogP contribution is -2.21. The number of hydrogen-bond acceptors (Lipinski definition) is 6. The van der Waals surface area contributed by atoms with Gasteiger partial charge in [-0.2, -0.15) is 8.42 Å². The Morgan fingerprint density at radius 1 is 1.06 bits per heavy atom. The number of carbonyl (C=O) groups excluding carboxylic acids is 2. The van der Waals surface area contributed by atoms with Gasteiger partial charge in [-0.15, -0.1) is 0 Å². The Morgan fingerprint density at radius 3 is 1.94 bits per heavy atom. The summed E-state index contributed by atoms with van der Waals surface area (Å²) in [6.45, 7) is 8.90. The van der Waals surface area contributed by atoms with E-state index in [0.717, 1.165) is 0 Å². The van der Waals surface area contributed by atoms with Gasteiger partial charge in [-0.1, -0.05) is 13.2 Å². The fourth-order valence-corrected chi connectivity index (χ4v) is 1.33. The molecule has 96 valence electrons. The van der Waals surface area contributed by atoms with E-state index < -0.39 is 34.4 Å². The summed E-state index contributed by atoms with van der Waals surface area (Å²) in [6, 6.07) is 0. The second kappa shape index (κ2) is 6.19. The van der Waals surface area contributed by atoms with Crippen LogP contribution < -0.4 is 0 Å². The second-order valence-corrected chi connectivity index (χ2v) is 5.02. The molecule has 0 aromatic rings. The number of carbonyl (C=O) groups is 2. The molecule has 0 fully saturated rings. The molecule has 0 aromatic heterocycles. The molecular weight excluding hydrogens is 248 g/mol. The lowest BCUT2D eigenvalue weighted by atomic mass is 10.4. The Morgan fingerprint density at radius 2 is 1.53 bits per heavy atom. The molecular formula is C10H14O6S. The van der Waals surface area contributed by atoms with Crippen molar-refractivity contribution in [1.29, 1.82) is 0 Å². The summed E-state index contributed by atoms with van der Waals surface area (Å²) in [5, 5.41) is 0. The fraction of sp³-hybridized carbons (Fsp3) is 0.400. The largest absolute Gasteiger partial charge is 0.461 e. The number of ether oxygens (including phenoxy) is 1. The molecule has 0 heterocycles. The Balaban J connectivity index is 4.21. The van der Waals surface area contributed by atoms with Gasteiger partial charge in [0.1, 0.15) is 12.4 Å². The summed E-state index contributed by atoms with van der Waals surface area (Å²) in [6.07, 6.45) is 0. The van der Waals surface area contributed by atoms with Gasteiger partial charge in [0.2, 0.25) is 0 Å². The number of esters is 1. The van der Waals surface area contributed by atoms with Crippen molar-refractivity contribution in [1.82, 2.24) is 0 Å². The van der Waals surface area contributed by atoms with Crippen LogP contribution in [0.15, 0.2) is 24.3 Å². The van der Waals surface area contributed by atoms with E-state index in [0.29, 0.717) is 0 Å². The van der Waals surface area contributed by atoms with Crippen LogP contribution in [0.25, 0.3) is 0 Å². The van der Waals surface area contributed by atoms with Gasteiger partial charge in [-0.3, -0.25) is 0 Å². The molecule has 0 saturated heterocycles. The van der Waals surface area contributed by atoms with Gasteiger partial charge in [-0.05, 0) is 13.8 Å². The molecule has 0 spiro atoms. The van der Waals surface area contributed by atoms with Gasteiger partial charge in [0, 0.05) is 11.1 Å². The standard InChI is InChI=1S/C10H14O6S/c1-7(2)9(11)15-5-6-17(13,14)16-10(12)8(3)4/h1,3,5-6H2,2,4H3. The molecule has 0 bridgehead atoms. The Kier molecular flexibility index (Phi) is 5.60. The summed E-state index contributed by atoms with van der Waals surface area (Å²) in [4.78, 5) is 21.9. The first-order valence-electron chi connectivity index (χ1n) is 4.60. The van der Waals surface area contributed by atoms with Crippen LogP contribution in [0.3, 0.4) is 0 Å². The van der Waals surface area contributed by atoms with Crippen molar-refractivity contribution in [3.63, 3.8) is 0 Å². The van der Waals surface area contributed by atoms with Crippen LogP contribution in [0.4, 0.5) is 0 Å². The lowest BCUT2D eigenvalue weighted by molar-refractivity contribution is -0.138. The van der Waals surface area contributed by atoms with E-state index in [1.165, 1.54) is 13.8 Å². The first kappa shape index (κ1) is 15.4. The molecule has 6 nitrogen and oxygen atoms in total. The molecule has 17 heavy (non-hydrogen) atoms. The quantitative estimate of drug-likeness (QED) is 0.395. The Hall–Kier alpha value is -1.63. The van der Waals surface area contributed by atoms with Gasteiger partial charge < -0.3 is 8.92 Å². The molecule has 0 amide bonds. The van der Waals surface area contributed by atoms with E-state index in [-0.39, 0.29) is 11.1 Å². The van der Waals surface area contributed by atoms with Crippen molar-refractivity contribution in [2.75, 3.05) is 12.4 Å². The van der Waals surface area contributed by atoms with Crippen molar-refractivity contribution in [3.8, 4) is 0 Å². The topological polar surface area (TPSA) is 86.7 Å². The molecule has 0 radical (unpaired) electrons. The highest BCUT2D eigenvalue weighted by molar-refractivity contribution is 7.87. The predicted octanol–water partition coefficient (Wildman–Crippen LogP) is 0.555. The van der Waals surface area contributed by atoms with E-state index >= 15 is 0 Å². The Labute approximate surface area is 100 Å². The number of hydrogen-bond donors (Lipinski definition) is 0. The molecule has 0 unspecified atom stereocenters. The maximum Gasteiger partial charge on any atom is 0.348 e. The molecule has 0 aliphatic rings. The summed E-state index contributed by atoms with van der Waals surface area (Å²) < 4.78 is 31.1. The lowest BCUT2D eigenvalue weighted by Gasteiger charge is -2.06. The zero-order valence-corrected chi connectivity index (χ0v) is 10.5. The summed E-state index contributed by atoms with van der Waals surface area (Å²) in [5.74, 6) is -2.34. The first-order valence-corrected chi connectivity index (χ1v) is 6.18. The van der Waals surface area contributed by atoms with Crippen LogP contribution in [-0.2, 0) is 28.6 Å². The summed E-state index contributed by atoms with van der Waals surface area (Å²) in [7, 11) is -4.06. The van der Waals surface area contributed by atoms with Gasteiger partial charge in [0.15, 0.2) is 0 Å². The van der Waals surface area contributed by atoms with Crippen LogP contribution in [-0.4, -0.2) is 32.7 Å². The van der Waals surface area contributed by atoms with Crippen molar-refractivity contribution >= 4 is 22.1 Å². The normalized spacial score (nSPS) is 10.5. The third-order valence-corrected chi connectivity index (χ3v) is 2.54. The third-order valence-electron chi connectivity index (χ3n) is 1.47. The minimum Gasteiger partial charge on any atom is -0.461 e. The molecule has 0 N–H and O–H groups in total. The van der Waals surface area contributed by atoms with Gasteiger partial charge >= 0.3 is 22.1 Å². The number of rotatable bonds is 6. The minimum absolute atomic E-state index is 0.0347. The Bertz CT molecular complexity index is 445. The van der Waals surface area contributed by atoms with Crippen molar-refractivity contribution in [2.45, 2.75) is 13.8 Å². The van der Waals surface area contributed by atoms with E-state index in [2.05, 4.69) is 22.1 Å². The summed E-state index contributed by atoms with van der Waals surface area (Å²) >= 11 is 0. The monoisotopic (exact) mass is 262 g/mol. The SMILES string of the molecule is C=C(C)C(=O)OCCS(=O)(=O)OC(=O)C(=C)C. The zero-order chi connectivity index (χ0) is 13.6. The van der Waals surface area contributed by atoms with E-state index in [4.69, 9.17) is 0 Å². The maximum absolute atomic E-state index is 11.2. The smallest absolute Gasteiger partial charge is 0.348 e. The molecule has 0 atom stereocenters. The third kappa shape index (κ3) is 6.52. The minimum atomic E-state index is -4.06. The highest BCUT2D eigenvalue weighted by atomic mass is 32.2. The maximum atomic E-state index is 11.2. The van der Waals surface area contributed by atoms with Crippen LogP contribution >= 0.6 is 0 Å². The average molecular weight is 262 g/mol.